The van der Waals surface area contributed by atoms with Gasteiger partial charge in [-0.2, -0.15) is 4.98 Å². The second kappa shape index (κ2) is 8.39. The number of likely N-dealkylation sites (N-methyl/N-ethyl adjacent to an activating group) is 1. The standard InChI is InChI=1S/C19H27N5O3/c1-22(2)19-20-8-7-18(21-19)23(3)14-6-5-9-24(11-14)12-15-10-16(25)17(26-4)13-27-15/h7-8,10,13-14H,5-6,9,11-12H2,1-4H3. The van der Waals surface area contributed by atoms with Gasteiger partial charge in [0.1, 0.15) is 17.8 Å². The molecule has 8 heteroatoms. The van der Waals surface area contributed by atoms with Crippen molar-refractivity contribution in [1.82, 2.24) is 14.9 Å². The maximum absolute atomic E-state index is 11.9. The third kappa shape index (κ3) is 4.57. The normalized spacial score (nSPS) is 17.6. The zero-order valence-electron chi connectivity index (χ0n) is 16.4. The van der Waals surface area contributed by atoms with E-state index in [1.54, 1.807) is 6.20 Å². The fourth-order valence-corrected chi connectivity index (χ4v) is 3.32. The first-order chi connectivity index (χ1) is 13.0. The molecule has 3 rings (SSSR count). The van der Waals surface area contributed by atoms with Crippen LogP contribution in [0.3, 0.4) is 0 Å². The fraction of sp³-hybridized carbons (Fsp3) is 0.526. The monoisotopic (exact) mass is 373 g/mol. The second-order valence-electron chi connectivity index (χ2n) is 7.03. The molecule has 0 saturated carbocycles. The van der Waals surface area contributed by atoms with Crippen LogP contribution in [-0.2, 0) is 6.54 Å². The highest BCUT2D eigenvalue weighted by Gasteiger charge is 2.25. The van der Waals surface area contributed by atoms with Crippen molar-refractivity contribution in [3.8, 4) is 5.75 Å². The minimum Gasteiger partial charge on any atom is -0.490 e. The molecule has 8 nitrogen and oxygen atoms in total. The van der Waals surface area contributed by atoms with Crippen LogP contribution < -0.4 is 20.0 Å². The van der Waals surface area contributed by atoms with Gasteiger partial charge >= 0.3 is 0 Å². The lowest BCUT2D eigenvalue weighted by Crippen LogP contribution is -2.46. The van der Waals surface area contributed by atoms with E-state index in [0.717, 1.165) is 31.7 Å². The highest BCUT2D eigenvalue weighted by molar-refractivity contribution is 5.43. The molecule has 1 saturated heterocycles. The molecule has 1 atom stereocenters. The molecule has 0 amide bonds. The first-order valence-corrected chi connectivity index (χ1v) is 9.09. The summed E-state index contributed by atoms with van der Waals surface area (Å²) in [6.45, 7) is 2.47. The topological polar surface area (TPSA) is 74.9 Å². The molecule has 0 aliphatic carbocycles. The number of anilines is 2. The van der Waals surface area contributed by atoms with Crippen LogP contribution in [-0.4, -0.2) is 62.3 Å². The summed E-state index contributed by atoms with van der Waals surface area (Å²) >= 11 is 0. The van der Waals surface area contributed by atoms with E-state index >= 15 is 0 Å². The largest absolute Gasteiger partial charge is 0.490 e. The maximum Gasteiger partial charge on any atom is 0.227 e. The van der Waals surface area contributed by atoms with Gasteiger partial charge in [-0.3, -0.25) is 9.69 Å². The summed E-state index contributed by atoms with van der Waals surface area (Å²) in [5.74, 6) is 2.50. The van der Waals surface area contributed by atoms with Gasteiger partial charge in [-0.1, -0.05) is 0 Å². The Hall–Kier alpha value is -2.61. The van der Waals surface area contributed by atoms with Gasteiger partial charge in [0.2, 0.25) is 17.1 Å². The number of hydrogen-bond donors (Lipinski definition) is 0. The van der Waals surface area contributed by atoms with Crippen molar-refractivity contribution in [2.45, 2.75) is 25.4 Å². The van der Waals surface area contributed by atoms with E-state index in [2.05, 4.69) is 26.8 Å². The Morgan fingerprint density at radius 3 is 2.89 bits per heavy atom. The summed E-state index contributed by atoms with van der Waals surface area (Å²) in [6.07, 6.45) is 5.36. The molecule has 1 unspecified atom stereocenters. The number of ether oxygens (including phenoxy) is 1. The average molecular weight is 373 g/mol. The molecule has 1 aliphatic rings. The molecule has 2 aromatic rings. The van der Waals surface area contributed by atoms with E-state index < -0.39 is 0 Å². The molecule has 0 radical (unpaired) electrons. The Kier molecular flexibility index (Phi) is 5.95. The molecule has 1 aliphatic heterocycles. The van der Waals surface area contributed by atoms with Crippen LogP contribution in [0.2, 0.25) is 0 Å². The molecule has 146 valence electrons. The molecule has 27 heavy (non-hydrogen) atoms. The van der Waals surface area contributed by atoms with E-state index in [1.165, 1.54) is 19.4 Å². The molecular weight excluding hydrogens is 346 g/mol. The molecule has 1 fully saturated rings. The molecule has 0 spiro atoms. The van der Waals surface area contributed by atoms with Crippen LogP contribution in [0.4, 0.5) is 11.8 Å². The maximum atomic E-state index is 11.9. The van der Waals surface area contributed by atoms with Crippen LogP contribution in [0.1, 0.15) is 18.6 Å². The number of aromatic nitrogens is 2. The smallest absolute Gasteiger partial charge is 0.227 e. The molecule has 0 bridgehead atoms. The van der Waals surface area contributed by atoms with Crippen LogP contribution in [0.5, 0.6) is 5.75 Å². The second-order valence-corrected chi connectivity index (χ2v) is 7.03. The number of piperidine rings is 1. The summed E-state index contributed by atoms with van der Waals surface area (Å²) in [5, 5.41) is 0. The van der Waals surface area contributed by atoms with Gasteiger partial charge < -0.3 is 19.0 Å². The highest BCUT2D eigenvalue weighted by Crippen LogP contribution is 2.22. The van der Waals surface area contributed by atoms with Crippen molar-refractivity contribution in [1.29, 1.82) is 0 Å². The lowest BCUT2D eigenvalue weighted by molar-refractivity contribution is 0.183. The Balaban J connectivity index is 1.67. The summed E-state index contributed by atoms with van der Waals surface area (Å²) in [5.41, 5.74) is -0.151. The molecule has 0 N–H and O–H groups in total. The van der Waals surface area contributed by atoms with Crippen molar-refractivity contribution >= 4 is 11.8 Å². The molecule has 0 aromatic carbocycles. The highest BCUT2D eigenvalue weighted by atomic mass is 16.5. The number of methoxy groups -OCH3 is 1. The van der Waals surface area contributed by atoms with E-state index in [4.69, 9.17) is 9.15 Å². The van der Waals surface area contributed by atoms with Gasteiger partial charge in [-0.15, -0.1) is 0 Å². The number of hydrogen-bond acceptors (Lipinski definition) is 8. The Bertz CT molecular complexity index is 823. The van der Waals surface area contributed by atoms with Crippen LogP contribution in [0.25, 0.3) is 0 Å². The van der Waals surface area contributed by atoms with Crippen molar-refractivity contribution < 1.29 is 9.15 Å². The van der Waals surface area contributed by atoms with Crippen LogP contribution >= 0.6 is 0 Å². The van der Waals surface area contributed by atoms with E-state index in [9.17, 15) is 4.79 Å². The number of rotatable bonds is 6. The fourth-order valence-electron chi connectivity index (χ4n) is 3.32. The molecule has 3 heterocycles. The summed E-state index contributed by atoms with van der Waals surface area (Å²) in [4.78, 5) is 27.3. The summed E-state index contributed by atoms with van der Waals surface area (Å²) in [6, 6.07) is 3.79. The van der Waals surface area contributed by atoms with Crippen molar-refractivity contribution in [3.05, 3.63) is 40.6 Å². The predicted octanol–water partition coefficient (Wildman–Crippen LogP) is 1.61. The average Bonchev–Trinajstić information content (AvgIpc) is 2.68. The van der Waals surface area contributed by atoms with Gasteiger partial charge in [0.15, 0.2) is 0 Å². The first kappa shape index (κ1) is 19.2. The SMILES string of the molecule is COc1coc(CN2CCCC(N(C)c3ccnc(N(C)C)n3)C2)cc1=O. The van der Waals surface area contributed by atoms with Gasteiger partial charge in [0, 0.05) is 46.0 Å². The van der Waals surface area contributed by atoms with Crippen LogP contribution in [0.15, 0.2) is 33.8 Å². The quantitative estimate of drug-likeness (QED) is 0.756. The summed E-state index contributed by atoms with van der Waals surface area (Å²) in [7, 11) is 7.41. The van der Waals surface area contributed by atoms with Crippen LogP contribution in [0, 0.1) is 0 Å². The van der Waals surface area contributed by atoms with E-state index in [1.807, 2.05) is 25.1 Å². The first-order valence-electron chi connectivity index (χ1n) is 9.09. The molecule has 2 aromatic heterocycles. The number of likely N-dealkylation sites (tertiary alicyclic amines) is 1. The Morgan fingerprint density at radius 2 is 2.19 bits per heavy atom. The molecular formula is C19H27N5O3. The van der Waals surface area contributed by atoms with Gasteiger partial charge in [0.05, 0.1) is 13.7 Å². The minimum atomic E-state index is -0.151. The van der Waals surface area contributed by atoms with Crippen molar-refractivity contribution in [3.63, 3.8) is 0 Å². The van der Waals surface area contributed by atoms with Gasteiger partial charge in [-0.05, 0) is 25.5 Å². The third-order valence-electron chi connectivity index (χ3n) is 4.87. The van der Waals surface area contributed by atoms with E-state index in [-0.39, 0.29) is 11.2 Å². The third-order valence-corrected chi connectivity index (χ3v) is 4.87. The van der Waals surface area contributed by atoms with E-state index in [0.29, 0.717) is 24.3 Å². The zero-order valence-corrected chi connectivity index (χ0v) is 16.4. The van der Waals surface area contributed by atoms with Crippen molar-refractivity contribution in [2.24, 2.45) is 0 Å². The predicted molar refractivity (Wildman–Crippen MR) is 105 cm³/mol. The lowest BCUT2D eigenvalue weighted by Gasteiger charge is -2.38. The summed E-state index contributed by atoms with van der Waals surface area (Å²) < 4.78 is 10.5. The Morgan fingerprint density at radius 1 is 1.37 bits per heavy atom. The van der Waals surface area contributed by atoms with Gasteiger partial charge in [-0.25, -0.2) is 4.98 Å². The number of nitrogens with zero attached hydrogens (tertiary/aromatic N) is 5. The minimum absolute atomic E-state index is 0.151. The lowest BCUT2D eigenvalue weighted by atomic mass is 10.0. The van der Waals surface area contributed by atoms with Crippen molar-refractivity contribution in [2.75, 3.05) is 51.1 Å². The zero-order chi connectivity index (χ0) is 19.4. The Labute approximate surface area is 159 Å². The van der Waals surface area contributed by atoms with Gasteiger partial charge in [0.25, 0.3) is 0 Å².